The summed E-state index contributed by atoms with van der Waals surface area (Å²) in [6, 6.07) is 21.3. The van der Waals surface area contributed by atoms with Crippen molar-refractivity contribution < 1.29 is 17.9 Å². The fourth-order valence-corrected chi connectivity index (χ4v) is 5.00. The summed E-state index contributed by atoms with van der Waals surface area (Å²) >= 11 is 1.26. The average Bonchev–Trinajstić information content (AvgIpc) is 3.31. The van der Waals surface area contributed by atoms with E-state index in [1.165, 1.54) is 36.0 Å². The number of hydrogen-bond donors (Lipinski definition) is 2. The van der Waals surface area contributed by atoms with Gasteiger partial charge >= 0.3 is 0 Å². The number of aromatic nitrogens is 3. The van der Waals surface area contributed by atoms with Crippen LogP contribution in [0.25, 0.3) is 17.1 Å². The zero-order valence-corrected chi connectivity index (χ0v) is 22.2. The number of amides is 1. The molecule has 0 spiro atoms. The maximum absolute atomic E-state index is 12.7. The number of nitrogens with zero attached hydrogens (tertiary/aromatic N) is 3. The van der Waals surface area contributed by atoms with Gasteiger partial charge in [0.05, 0.1) is 23.4 Å². The van der Waals surface area contributed by atoms with Crippen LogP contribution < -0.4 is 15.2 Å². The van der Waals surface area contributed by atoms with E-state index in [0.29, 0.717) is 16.7 Å². The molecule has 9 nitrogen and oxygen atoms in total. The van der Waals surface area contributed by atoms with E-state index >= 15 is 0 Å². The van der Waals surface area contributed by atoms with Crippen LogP contribution >= 0.6 is 11.8 Å². The van der Waals surface area contributed by atoms with Gasteiger partial charge in [0.2, 0.25) is 15.9 Å². The molecule has 11 heteroatoms. The fraction of sp³-hybridized carbons (Fsp3) is 0.192. The molecule has 3 aromatic carbocycles. The van der Waals surface area contributed by atoms with Crippen molar-refractivity contribution in [1.29, 1.82) is 0 Å². The molecule has 0 saturated carbocycles. The van der Waals surface area contributed by atoms with Crippen molar-refractivity contribution in [2.75, 3.05) is 18.2 Å². The van der Waals surface area contributed by atoms with Crippen molar-refractivity contribution in [2.45, 2.75) is 29.8 Å². The Kier molecular flexibility index (Phi) is 7.96. The van der Waals surface area contributed by atoms with Gasteiger partial charge in [-0.2, -0.15) is 0 Å². The first-order valence-corrected chi connectivity index (χ1v) is 13.9. The molecule has 0 fully saturated rings. The molecule has 0 bridgehead atoms. The number of thioether (sulfide) groups is 1. The van der Waals surface area contributed by atoms with Crippen LogP contribution in [0.1, 0.15) is 25.3 Å². The Bertz CT molecular complexity index is 1500. The molecule has 1 amide bonds. The number of carbonyl (C=O) groups is 1. The van der Waals surface area contributed by atoms with E-state index in [1.54, 1.807) is 7.11 Å². The molecule has 0 unspecified atom stereocenters. The molecular formula is C26H27N5O4S2. The van der Waals surface area contributed by atoms with Crippen LogP contribution in [-0.2, 0) is 14.8 Å². The number of para-hydroxylation sites is 1. The minimum Gasteiger partial charge on any atom is -0.497 e. The van der Waals surface area contributed by atoms with E-state index in [4.69, 9.17) is 9.88 Å². The minimum atomic E-state index is -3.80. The summed E-state index contributed by atoms with van der Waals surface area (Å²) in [5, 5.41) is 17.3. The second kappa shape index (κ2) is 11.2. The first-order chi connectivity index (χ1) is 17.7. The highest BCUT2D eigenvalue weighted by Gasteiger charge is 2.20. The minimum absolute atomic E-state index is 0.0251. The topological polar surface area (TPSA) is 129 Å². The zero-order valence-electron chi connectivity index (χ0n) is 20.6. The van der Waals surface area contributed by atoms with E-state index in [1.807, 2.05) is 47.0 Å². The fourth-order valence-electron chi connectivity index (χ4n) is 3.74. The molecule has 0 aliphatic heterocycles. The summed E-state index contributed by atoms with van der Waals surface area (Å²) in [6.07, 6.45) is 0. The molecule has 4 aromatic rings. The van der Waals surface area contributed by atoms with Crippen LogP contribution in [0.2, 0.25) is 0 Å². The van der Waals surface area contributed by atoms with Gasteiger partial charge in [-0.05, 0) is 66.1 Å². The first-order valence-electron chi connectivity index (χ1n) is 11.4. The van der Waals surface area contributed by atoms with Gasteiger partial charge in [0.15, 0.2) is 11.0 Å². The second-order valence-corrected chi connectivity index (χ2v) is 11.0. The van der Waals surface area contributed by atoms with E-state index in [-0.39, 0.29) is 22.5 Å². The molecule has 0 radical (unpaired) electrons. The van der Waals surface area contributed by atoms with Crippen LogP contribution in [0.3, 0.4) is 0 Å². The molecule has 0 aliphatic carbocycles. The average molecular weight is 538 g/mol. The van der Waals surface area contributed by atoms with Crippen molar-refractivity contribution in [3.63, 3.8) is 0 Å². The molecule has 0 atom stereocenters. The van der Waals surface area contributed by atoms with Crippen LogP contribution in [0.5, 0.6) is 5.75 Å². The zero-order chi connectivity index (χ0) is 26.6. The Morgan fingerprint density at radius 1 is 1.03 bits per heavy atom. The lowest BCUT2D eigenvalue weighted by atomic mass is 10.0. The Morgan fingerprint density at radius 2 is 1.70 bits per heavy atom. The van der Waals surface area contributed by atoms with Crippen molar-refractivity contribution in [3.05, 3.63) is 78.4 Å². The third-order valence-electron chi connectivity index (χ3n) is 5.58. The monoisotopic (exact) mass is 537 g/mol. The highest BCUT2D eigenvalue weighted by Crippen LogP contribution is 2.32. The molecule has 1 aromatic heterocycles. The van der Waals surface area contributed by atoms with Crippen LogP contribution in [0, 0.1) is 0 Å². The van der Waals surface area contributed by atoms with Gasteiger partial charge in [-0.15, -0.1) is 10.2 Å². The Hall–Kier alpha value is -3.67. The van der Waals surface area contributed by atoms with E-state index in [2.05, 4.69) is 35.4 Å². The number of ether oxygens (including phenoxy) is 1. The molecule has 37 heavy (non-hydrogen) atoms. The maximum atomic E-state index is 12.7. The molecule has 192 valence electrons. The molecule has 0 aliphatic rings. The highest BCUT2D eigenvalue weighted by atomic mass is 32.2. The van der Waals surface area contributed by atoms with E-state index in [0.717, 1.165) is 22.6 Å². The number of carbonyl (C=O) groups excluding carboxylic acids is 1. The Morgan fingerprint density at radius 3 is 2.32 bits per heavy atom. The molecule has 0 saturated heterocycles. The van der Waals surface area contributed by atoms with E-state index < -0.39 is 10.0 Å². The number of methoxy groups -OCH3 is 1. The number of nitrogens with one attached hydrogen (secondary N) is 1. The number of sulfonamides is 1. The number of nitrogens with two attached hydrogens (primary N) is 1. The largest absolute Gasteiger partial charge is 0.497 e. The Balaban J connectivity index is 1.62. The summed E-state index contributed by atoms with van der Waals surface area (Å²) in [7, 11) is -2.19. The van der Waals surface area contributed by atoms with Crippen LogP contribution in [-0.4, -0.2) is 42.0 Å². The molecular weight excluding hydrogens is 510 g/mol. The number of primary sulfonamides is 1. The van der Waals surface area contributed by atoms with Gasteiger partial charge in [0.1, 0.15) is 5.75 Å². The second-order valence-electron chi connectivity index (χ2n) is 8.49. The summed E-state index contributed by atoms with van der Waals surface area (Å²) < 4.78 is 30.1. The summed E-state index contributed by atoms with van der Waals surface area (Å²) in [4.78, 5) is 12.7. The van der Waals surface area contributed by atoms with Gasteiger partial charge < -0.3 is 10.1 Å². The lowest BCUT2D eigenvalue weighted by molar-refractivity contribution is -0.113. The third kappa shape index (κ3) is 6.19. The van der Waals surface area contributed by atoms with Gasteiger partial charge in [-0.1, -0.05) is 43.8 Å². The highest BCUT2D eigenvalue weighted by molar-refractivity contribution is 7.99. The lowest BCUT2D eigenvalue weighted by Crippen LogP contribution is -2.15. The summed E-state index contributed by atoms with van der Waals surface area (Å²) in [5.41, 5.74) is 3.38. The van der Waals surface area contributed by atoms with Gasteiger partial charge in [-0.3, -0.25) is 9.36 Å². The predicted octanol–water partition coefficient (Wildman–Crippen LogP) is 4.44. The number of anilines is 1. The number of hydrogen-bond acceptors (Lipinski definition) is 7. The number of benzene rings is 3. The summed E-state index contributed by atoms with van der Waals surface area (Å²) in [6.45, 7) is 4.25. The van der Waals surface area contributed by atoms with Crippen LogP contribution in [0.4, 0.5) is 5.69 Å². The predicted molar refractivity (Wildman–Crippen MR) is 145 cm³/mol. The standard InChI is InChI=1S/C26H27N5O4S2/c1-17(2)22-6-4-5-7-23(22)31-25(18-8-12-20(35-3)13-9-18)29-30-26(31)36-16-24(32)28-19-10-14-21(15-11-19)37(27,33)34/h4-15,17H,16H2,1-3H3,(H,28,32)(H2,27,33,34). The van der Waals surface area contributed by atoms with Crippen molar-refractivity contribution in [1.82, 2.24) is 14.8 Å². The van der Waals surface area contributed by atoms with E-state index in [9.17, 15) is 13.2 Å². The quantitative estimate of drug-likeness (QED) is 0.302. The smallest absolute Gasteiger partial charge is 0.238 e. The van der Waals surface area contributed by atoms with Crippen molar-refractivity contribution in [2.24, 2.45) is 5.14 Å². The molecule has 4 rings (SSSR count). The van der Waals surface area contributed by atoms with Crippen LogP contribution in [0.15, 0.2) is 82.8 Å². The first kappa shape index (κ1) is 26.4. The maximum Gasteiger partial charge on any atom is 0.238 e. The summed E-state index contributed by atoms with van der Waals surface area (Å²) in [5.74, 6) is 1.44. The molecule has 1 heterocycles. The molecule has 3 N–H and O–H groups in total. The Labute approximate surface area is 220 Å². The van der Waals surface area contributed by atoms with Gasteiger partial charge in [0, 0.05) is 11.3 Å². The normalized spacial score (nSPS) is 11.5. The van der Waals surface area contributed by atoms with Crippen molar-refractivity contribution in [3.8, 4) is 22.8 Å². The lowest BCUT2D eigenvalue weighted by Gasteiger charge is -2.17. The third-order valence-corrected chi connectivity index (χ3v) is 7.44. The number of rotatable bonds is 9. The van der Waals surface area contributed by atoms with Crippen molar-refractivity contribution >= 4 is 33.4 Å². The van der Waals surface area contributed by atoms with Gasteiger partial charge in [-0.25, -0.2) is 13.6 Å². The SMILES string of the molecule is COc1ccc(-c2nnc(SCC(=O)Nc3ccc(S(N)(=O)=O)cc3)n2-c2ccccc2C(C)C)cc1. The van der Waals surface area contributed by atoms with Gasteiger partial charge in [0.25, 0.3) is 0 Å².